The van der Waals surface area contributed by atoms with Crippen LogP contribution in [0.5, 0.6) is 0 Å². The van der Waals surface area contributed by atoms with Gasteiger partial charge in [0.2, 0.25) is 0 Å². The SMILES string of the molecule is CC(C)CC(C)C(O)(O[PH](=O)O)O[PH](=O)O. The maximum atomic E-state index is 10.5. The van der Waals surface area contributed by atoms with E-state index >= 15 is 0 Å². The third kappa shape index (κ3) is 6.11. The highest BCUT2D eigenvalue weighted by molar-refractivity contribution is 7.33. The van der Waals surface area contributed by atoms with Crippen LogP contribution in [0.2, 0.25) is 0 Å². The van der Waals surface area contributed by atoms with Crippen LogP contribution in [0.15, 0.2) is 0 Å². The average molecular weight is 276 g/mol. The lowest BCUT2D eigenvalue weighted by molar-refractivity contribution is -0.304. The standard InChI is InChI=1S/C7H18O7P2/c1-5(2)4-6(3)7(8,13-15(9)10)14-16(11)12/h5-6,8,15-16H,4H2,1-3H3,(H,9,10)(H,11,12). The summed E-state index contributed by atoms with van der Waals surface area (Å²) in [6.07, 6.45) is 0.404. The minimum Gasteiger partial charge on any atom is -0.343 e. The molecule has 0 saturated heterocycles. The highest BCUT2D eigenvalue weighted by atomic mass is 31.1. The quantitative estimate of drug-likeness (QED) is 0.471. The molecule has 0 bridgehead atoms. The molecule has 16 heavy (non-hydrogen) atoms. The fourth-order valence-corrected chi connectivity index (χ4v) is 2.40. The Bertz CT molecular complexity index is 251. The Hall–Kier alpha value is 0.260. The lowest BCUT2D eigenvalue weighted by Gasteiger charge is -2.31. The van der Waals surface area contributed by atoms with Gasteiger partial charge in [-0.05, 0) is 12.3 Å². The van der Waals surface area contributed by atoms with Crippen molar-refractivity contribution >= 4 is 16.5 Å². The van der Waals surface area contributed by atoms with Gasteiger partial charge < -0.3 is 14.9 Å². The first-order valence-corrected chi connectivity index (χ1v) is 7.26. The molecule has 0 aromatic heterocycles. The van der Waals surface area contributed by atoms with Gasteiger partial charge in [0, 0.05) is 5.92 Å². The van der Waals surface area contributed by atoms with Crippen molar-refractivity contribution in [3.63, 3.8) is 0 Å². The molecule has 98 valence electrons. The molecule has 0 rings (SSSR count). The van der Waals surface area contributed by atoms with Gasteiger partial charge >= 0.3 is 16.5 Å². The largest absolute Gasteiger partial charge is 0.343 e. The molecule has 0 spiro atoms. The molecule has 0 fully saturated rings. The number of hydrogen-bond donors (Lipinski definition) is 3. The van der Waals surface area contributed by atoms with Gasteiger partial charge in [0.25, 0.3) is 5.97 Å². The number of aliphatic hydroxyl groups is 1. The monoisotopic (exact) mass is 276 g/mol. The predicted octanol–water partition coefficient (Wildman–Crippen LogP) is 1.11. The second-order valence-electron chi connectivity index (χ2n) is 3.90. The average Bonchev–Trinajstić information content (AvgIpc) is 1.98. The van der Waals surface area contributed by atoms with Crippen molar-refractivity contribution in [2.75, 3.05) is 0 Å². The molecule has 0 aromatic carbocycles. The Morgan fingerprint density at radius 3 is 1.75 bits per heavy atom. The fourth-order valence-electron chi connectivity index (χ4n) is 1.33. The first kappa shape index (κ1) is 16.3. The van der Waals surface area contributed by atoms with Crippen molar-refractivity contribution in [3.8, 4) is 0 Å². The lowest BCUT2D eigenvalue weighted by Crippen LogP contribution is -2.39. The summed E-state index contributed by atoms with van der Waals surface area (Å²) in [5.41, 5.74) is 0. The van der Waals surface area contributed by atoms with E-state index in [4.69, 9.17) is 9.79 Å². The molecule has 7 nitrogen and oxygen atoms in total. The van der Waals surface area contributed by atoms with Crippen LogP contribution >= 0.6 is 16.5 Å². The van der Waals surface area contributed by atoms with Crippen LogP contribution in [0.4, 0.5) is 0 Å². The molecule has 0 radical (unpaired) electrons. The van der Waals surface area contributed by atoms with E-state index in [9.17, 15) is 14.2 Å². The molecule has 0 aliphatic heterocycles. The molecule has 0 amide bonds. The molecule has 3 unspecified atom stereocenters. The van der Waals surface area contributed by atoms with E-state index in [0.717, 1.165) is 0 Å². The topological polar surface area (TPSA) is 113 Å². The van der Waals surface area contributed by atoms with E-state index in [-0.39, 0.29) is 5.92 Å². The van der Waals surface area contributed by atoms with Crippen LogP contribution in [-0.4, -0.2) is 20.9 Å². The van der Waals surface area contributed by atoms with E-state index in [1.54, 1.807) is 0 Å². The predicted molar refractivity (Wildman–Crippen MR) is 58.2 cm³/mol. The van der Waals surface area contributed by atoms with Gasteiger partial charge in [-0.3, -0.25) is 18.2 Å². The van der Waals surface area contributed by atoms with Gasteiger partial charge in [0.15, 0.2) is 0 Å². The van der Waals surface area contributed by atoms with E-state index in [2.05, 4.69) is 9.05 Å². The summed E-state index contributed by atoms with van der Waals surface area (Å²) in [6, 6.07) is 0. The van der Waals surface area contributed by atoms with Gasteiger partial charge in [-0.25, -0.2) is 0 Å². The maximum absolute atomic E-state index is 10.5. The van der Waals surface area contributed by atoms with Crippen molar-refractivity contribution in [1.82, 2.24) is 0 Å². The van der Waals surface area contributed by atoms with Crippen molar-refractivity contribution in [2.24, 2.45) is 11.8 Å². The number of hydrogen-bond acceptors (Lipinski definition) is 5. The minimum absolute atomic E-state index is 0.163. The summed E-state index contributed by atoms with van der Waals surface area (Å²) < 4.78 is 29.7. The first-order chi connectivity index (χ1) is 7.17. The van der Waals surface area contributed by atoms with Crippen molar-refractivity contribution < 1.29 is 33.1 Å². The van der Waals surface area contributed by atoms with E-state index in [0.29, 0.717) is 6.42 Å². The zero-order valence-electron chi connectivity index (χ0n) is 9.34. The van der Waals surface area contributed by atoms with Gasteiger partial charge in [0.05, 0.1) is 0 Å². The molecule has 0 aliphatic rings. The summed E-state index contributed by atoms with van der Waals surface area (Å²) >= 11 is 0. The molecule has 0 saturated carbocycles. The summed E-state index contributed by atoms with van der Waals surface area (Å²) in [7, 11) is -6.95. The van der Waals surface area contributed by atoms with Crippen LogP contribution < -0.4 is 0 Å². The first-order valence-electron chi connectivity index (χ1n) is 4.73. The molecule has 9 heteroatoms. The van der Waals surface area contributed by atoms with Crippen LogP contribution in [-0.2, 0) is 18.2 Å². The normalized spacial score (nSPS) is 21.4. The third-order valence-corrected chi connectivity index (χ3v) is 2.85. The van der Waals surface area contributed by atoms with Crippen LogP contribution in [0, 0.1) is 11.8 Å². The molecule has 3 atom stereocenters. The summed E-state index contributed by atoms with van der Waals surface area (Å²) in [5.74, 6) is -3.05. The summed E-state index contributed by atoms with van der Waals surface area (Å²) in [4.78, 5) is 17.2. The second kappa shape index (κ2) is 6.87. The molecular formula is C7H18O7P2. The smallest absolute Gasteiger partial charge is 0.320 e. The summed E-state index contributed by atoms with van der Waals surface area (Å²) in [6.45, 7) is 5.22. The fraction of sp³-hybridized carbons (Fsp3) is 1.00. The highest BCUT2D eigenvalue weighted by Crippen LogP contribution is 2.39. The maximum Gasteiger partial charge on any atom is 0.320 e. The van der Waals surface area contributed by atoms with E-state index in [1.165, 1.54) is 6.92 Å². The Morgan fingerprint density at radius 2 is 1.50 bits per heavy atom. The number of rotatable bonds is 7. The van der Waals surface area contributed by atoms with E-state index in [1.807, 2.05) is 13.8 Å². The Kier molecular flexibility index (Phi) is 6.98. The van der Waals surface area contributed by atoms with Gasteiger partial charge in [0.1, 0.15) is 0 Å². The minimum atomic E-state index is -3.47. The zero-order chi connectivity index (χ0) is 12.9. The van der Waals surface area contributed by atoms with Gasteiger partial charge in [-0.1, -0.05) is 20.8 Å². The highest BCUT2D eigenvalue weighted by Gasteiger charge is 2.40. The van der Waals surface area contributed by atoms with Gasteiger partial charge in [-0.2, -0.15) is 0 Å². The molecule has 0 aromatic rings. The van der Waals surface area contributed by atoms with Crippen LogP contribution in [0.25, 0.3) is 0 Å². The Labute approximate surface area is 95.3 Å². The van der Waals surface area contributed by atoms with Crippen molar-refractivity contribution in [2.45, 2.75) is 33.2 Å². The van der Waals surface area contributed by atoms with Crippen LogP contribution in [0.3, 0.4) is 0 Å². The van der Waals surface area contributed by atoms with Gasteiger partial charge in [-0.15, -0.1) is 0 Å². The van der Waals surface area contributed by atoms with Crippen molar-refractivity contribution in [1.29, 1.82) is 0 Å². The Balaban J connectivity index is 4.75. The third-order valence-electron chi connectivity index (χ3n) is 1.91. The molecule has 3 N–H and O–H groups in total. The zero-order valence-corrected chi connectivity index (χ0v) is 11.3. The lowest BCUT2D eigenvalue weighted by atomic mass is 9.97. The van der Waals surface area contributed by atoms with Crippen molar-refractivity contribution in [3.05, 3.63) is 0 Å². The Morgan fingerprint density at radius 1 is 1.12 bits per heavy atom. The van der Waals surface area contributed by atoms with E-state index < -0.39 is 28.4 Å². The second-order valence-corrected chi connectivity index (χ2v) is 5.37. The molecule has 0 heterocycles. The summed E-state index contributed by atoms with van der Waals surface area (Å²) in [5, 5.41) is 9.76. The molecule has 0 aliphatic carbocycles. The molecular weight excluding hydrogens is 258 g/mol. The van der Waals surface area contributed by atoms with Crippen LogP contribution in [0.1, 0.15) is 27.2 Å².